The Labute approximate surface area is 172 Å². The van der Waals surface area contributed by atoms with Crippen molar-refractivity contribution in [3.05, 3.63) is 59.2 Å². The van der Waals surface area contributed by atoms with Crippen LogP contribution in [0.3, 0.4) is 0 Å². The van der Waals surface area contributed by atoms with Crippen LogP contribution in [-0.2, 0) is 11.3 Å². The van der Waals surface area contributed by atoms with Gasteiger partial charge in [-0.2, -0.15) is 0 Å². The summed E-state index contributed by atoms with van der Waals surface area (Å²) in [4.78, 5) is 28.5. The molecule has 2 heterocycles. The molecule has 0 radical (unpaired) electrons. The number of phenols is 1. The van der Waals surface area contributed by atoms with Crippen LogP contribution in [0.25, 0.3) is 0 Å². The molecule has 0 unspecified atom stereocenters. The molecule has 2 fully saturated rings. The van der Waals surface area contributed by atoms with Crippen molar-refractivity contribution in [1.29, 1.82) is 0 Å². The van der Waals surface area contributed by atoms with E-state index in [1.165, 1.54) is 11.0 Å². The zero-order valence-electron chi connectivity index (χ0n) is 16.1. The van der Waals surface area contributed by atoms with Crippen molar-refractivity contribution >= 4 is 17.6 Å². The van der Waals surface area contributed by atoms with Crippen LogP contribution < -0.4 is 5.32 Å². The largest absolute Gasteiger partial charge is 0.508 e. The van der Waals surface area contributed by atoms with Crippen molar-refractivity contribution in [2.45, 2.75) is 31.3 Å². The van der Waals surface area contributed by atoms with Gasteiger partial charge in [-0.3, -0.25) is 4.79 Å². The van der Waals surface area contributed by atoms with Gasteiger partial charge in [0.25, 0.3) is 0 Å². The predicted molar refractivity (Wildman–Crippen MR) is 105 cm³/mol. The average Bonchev–Trinajstić information content (AvgIpc) is 3.34. The van der Waals surface area contributed by atoms with Gasteiger partial charge in [-0.25, -0.2) is 13.6 Å². The van der Waals surface area contributed by atoms with Crippen LogP contribution in [0.15, 0.2) is 36.4 Å². The zero-order valence-corrected chi connectivity index (χ0v) is 16.1. The second-order valence-corrected chi connectivity index (χ2v) is 8.32. The van der Waals surface area contributed by atoms with Gasteiger partial charge in [0.1, 0.15) is 12.3 Å². The fourth-order valence-corrected chi connectivity index (χ4v) is 5.09. The summed E-state index contributed by atoms with van der Waals surface area (Å²) in [5.74, 6) is -1.38. The summed E-state index contributed by atoms with van der Waals surface area (Å²) in [7, 11) is 0. The first kappa shape index (κ1) is 18.8. The molecule has 1 aliphatic carbocycles. The number of urea groups is 1. The van der Waals surface area contributed by atoms with Gasteiger partial charge in [-0.1, -0.05) is 12.1 Å². The Morgan fingerprint density at radius 2 is 1.90 bits per heavy atom. The Balaban J connectivity index is 1.31. The average molecular weight is 413 g/mol. The number of aromatic hydroxyl groups is 1. The number of hydrogen-bond acceptors (Lipinski definition) is 3. The number of halogens is 2. The maximum atomic E-state index is 14.1. The summed E-state index contributed by atoms with van der Waals surface area (Å²) in [6.45, 7) is 0.305. The van der Waals surface area contributed by atoms with E-state index in [9.17, 15) is 23.5 Å². The van der Waals surface area contributed by atoms with Gasteiger partial charge < -0.3 is 20.2 Å². The van der Waals surface area contributed by atoms with E-state index < -0.39 is 17.7 Å². The monoisotopic (exact) mass is 413 g/mol. The number of phenolic OH excluding ortho intramolecular Hbond substituents is 1. The fraction of sp³-hybridized carbons (Fsp3) is 0.364. The molecule has 2 N–H and O–H groups in total. The van der Waals surface area contributed by atoms with Crippen LogP contribution in [0.1, 0.15) is 29.9 Å². The molecule has 0 spiro atoms. The summed E-state index contributed by atoms with van der Waals surface area (Å²) in [5, 5.41) is 12.1. The predicted octanol–water partition coefficient (Wildman–Crippen LogP) is 3.42. The molecule has 8 heteroatoms. The minimum atomic E-state index is -1.00. The van der Waals surface area contributed by atoms with Crippen LogP contribution in [0.5, 0.6) is 5.75 Å². The molecule has 3 amide bonds. The Hall–Kier alpha value is -3.16. The van der Waals surface area contributed by atoms with E-state index in [2.05, 4.69) is 5.32 Å². The maximum absolute atomic E-state index is 14.1. The van der Waals surface area contributed by atoms with E-state index >= 15 is 0 Å². The van der Waals surface area contributed by atoms with Gasteiger partial charge in [0.05, 0.1) is 12.2 Å². The van der Waals surface area contributed by atoms with Crippen molar-refractivity contribution in [3.63, 3.8) is 0 Å². The molecule has 30 heavy (non-hydrogen) atoms. The first-order valence-electron chi connectivity index (χ1n) is 10.0. The number of likely N-dealkylation sites (tertiary alicyclic amines) is 1. The number of carbonyl (C=O) groups is 2. The summed E-state index contributed by atoms with van der Waals surface area (Å²) < 4.78 is 27.7. The van der Waals surface area contributed by atoms with E-state index in [-0.39, 0.29) is 48.0 Å². The Morgan fingerprint density at radius 1 is 1.13 bits per heavy atom. The molecule has 3 atom stereocenters. The topological polar surface area (TPSA) is 72.9 Å². The Kier molecular flexibility index (Phi) is 4.38. The number of nitrogens with one attached hydrogen (secondary N) is 1. The quantitative estimate of drug-likeness (QED) is 0.810. The first-order chi connectivity index (χ1) is 14.4. The highest BCUT2D eigenvalue weighted by Crippen LogP contribution is 2.47. The van der Waals surface area contributed by atoms with Gasteiger partial charge in [-0.05, 0) is 48.6 Å². The lowest BCUT2D eigenvalue weighted by Crippen LogP contribution is -2.49. The van der Waals surface area contributed by atoms with Gasteiger partial charge >= 0.3 is 6.03 Å². The molecule has 2 aromatic carbocycles. The minimum absolute atomic E-state index is 0.0429. The lowest BCUT2D eigenvalue weighted by atomic mass is 9.90. The van der Waals surface area contributed by atoms with Gasteiger partial charge in [-0.15, -0.1) is 0 Å². The summed E-state index contributed by atoms with van der Waals surface area (Å²) >= 11 is 0. The Bertz CT molecular complexity index is 1030. The van der Waals surface area contributed by atoms with Crippen molar-refractivity contribution in [2.24, 2.45) is 5.92 Å². The summed E-state index contributed by atoms with van der Waals surface area (Å²) in [6.07, 6.45) is 1.90. The second kappa shape index (κ2) is 6.97. The van der Waals surface area contributed by atoms with E-state index in [0.717, 1.165) is 24.5 Å². The highest BCUT2D eigenvalue weighted by molar-refractivity contribution is 5.95. The summed E-state index contributed by atoms with van der Waals surface area (Å²) in [5.41, 5.74) is 1.36. The number of carbonyl (C=O) groups excluding carboxylic acids is 2. The number of nitrogens with zero attached hydrogens (tertiary/aromatic N) is 2. The minimum Gasteiger partial charge on any atom is -0.508 e. The highest BCUT2D eigenvalue weighted by Gasteiger charge is 2.47. The molecule has 6 nitrogen and oxygen atoms in total. The standard InChI is InChI=1S/C22H21F2N3O3/c23-17-5-6-18-16(21(17)24)10-26(22(30)25-18)11-20(29)27-9-12-7-15(19(27)8-12)13-1-3-14(28)4-2-13/h1-6,12,15,19,28H,7-11H2,(H,25,30)/t12-,15-,19-/m0/s1. The number of rotatable bonds is 3. The number of hydrogen-bond donors (Lipinski definition) is 2. The number of anilines is 1. The van der Waals surface area contributed by atoms with Gasteiger partial charge in [0.15, 0.2) is 11.6 Å². The van der Waals surface area contributed by atoms with Crippen molar-refractivity contribution < 1.29 is 23.5 Å². The van der Waals surface area contributed by atoms with Crippen LogP contribution >= 0.6 is 0 Å². The number of piperidine rings is 1. The normalized spacial score (nSPS) is 24.7. The number of benzene rings is 2. The van der Waals surface area contributed by atoms with E-state index in [1.54, 1.807) is 12.1 Å². The van der Waals surface area contributed by atoms with Crippen molar-refractivity contribution in [1.82, 2.24) is 9.80 Å². The highest BCUT2D eigenvalue weighted by atomic mass is 19.2. The third kappa shape index (κ3) is 3.07. The smallest absolute Gasteiger partial charge is 0.322 e. The zero-order chi connectivity index (χ0) is 21.0. The molecule has 2 aromatic rings. The third-order valence-electron chi connectivity index (χ3n) is 6.52. The molecule has 1 saturated carbocycles. The molecular formula is C22H21F2N3O3. The van der Waals surface area contributed by atoms with Gasteiger partial charge in [0, 0.05) is 24.1 Å². The van der Waals surface area contributed by atoms with Crippen LogP contribution in [0, 0.1) is 17.6 Å². The number of amides is 3. The van der Waals surface area contributed by atoms with Crippen LogP contribution in [0.2, 0.25) is 0 Å². The SMILES string of the molecule is O=C1Nc2ccc(F)c(F)c2CN1CC(=O)N1C[C@H]2C[C@@H](c3ccc(O)cc3)[C@@H]1C2. The third-order valence-corrected chi connectivity index (χ3v) is 6.52. The van der Waals surface area contributed by atoms with E-state index in [4.69, 9.17) is 0 Å². The van der Waals surface area contributed by atoms with Crippen molar-refractivity contribution in [2.75, 3.05) is 18.4 Å². The summed E-state index contributed by atoms with van der Waals surface area (Å²) in [6, 6.07) is 8.91. The molecular weight excluding hydrogens is 392 g/mol. The van der Waals surface area contributed by atoms with E-state index in [1.807, 2.05) is 17.0 Å². The number of fused-ring (bicyclic) bond motifs is 3. The Morgan fingerprint density at radius 3 is 2.63 bits per heavy atom. The van der Waals surface area contributed by atoms with Crippen LogP contribution in [0.4, 0.5) is 19.3 Å². The molecule has 2 bridgehead atoms. The first-order valence-corrected chi connectivity index (χ1v) is 10.0. The van der Waals surface area contributed by atoms with Crippen LogP contribution in [-0.4, -0.2) is 46.0 Å². The molecule has 2 aliphatic heterocycles. The van der Waals surface area contributed by atoms with Crippen molar-refractivity contribution in [3.8, 4) is 5.75 Å². The molecule has 156 valence electrons. The molecule has 0 aromatic heterocycles. The maximum Gasteiger partial charge on any atom is 0.322 e. The molecule has 5 rings (SSSR count). The fourth-order valence-electron chi connectivity index (χ4n) is 5.09. The van der Waals surface area contributed by atoms with E-state index in [0.29, 0.717) is 12.5 Å². The molecule has 3 aliphatic rings. The molecule has 1 saturated heterocycles. The second-order valence-electron chi connectivity index (χ2n) is 8.32. The van der Waals surface area contributed by atoms with Gasteiger partial charge in [0.2, 0.25) is 5.91 Å². The lowest BCUT2D eigenvalue weighted by molar-refractivity contribution is -0.133. The lowest BCUT2D eigenvalue weighted by Gasteiger charge is -2.36.